The molecule has 1 aliphatic rings. The van der Waals surface area contributed by atoms with Crippen LogP contribution in [0.15, 0.2) is 60.7 Å². The number of aryl methyl sites for hydroxylation is 1. The summed E-state index contributed by atoms with van der Waals surface area (Å²) in [6.45, 7) is 10.0. The molecule has 2 heterocycles. The summed E-state index contributed by atoms with van der Waals surface area (Å²) in [5.74, 6) is -1.33. The van der Waals surface area contributed by atoms with E-state index in [-0.39, 0.29) is 27.9 Å². The van der Waals surface area contributed by atoms with E-state index in [0.717, 1.165) is 24.2 Å². The molecule has 1 atom stereocenters. The summed E-state index contributed by atoms with van der Waals surface area (Å²) >= 11 is 0.918. The SMILES string of the molecule is C=CCOC(=O)c1sc(N2C(=O)C(=O)C(=C(O)c3ccc(OCCCC)cc3)[C@@H]2c2ccc(OCC)c(OC)c2)nc1C. The van der Waals surface area contributed by atoms with E-state index in [0.29, 0.717) is 47.3 Å². The van der Waals surface area contributed by atoms with Gasteiger partial charge in [0.1, 0.15) is 23.0 Å². The van der Waals surface area contributed by atoms with Crippen molar-refractivity contribution in [2.24, 2.45) is 0 Å². The number of hydrogen-bond acceptors (Lipinski definition) is 10. The largest absolute Gasteiger partial charge is 0.507 e. The fourth-order valence-corrected chi connectivity index (χ4v) is 5.54. The van der Waals surface area contributed by atoms with E-state index < -0.39 is 23.7 Å². The molecule has 1 N–H and O–H groups in total. The van der Waals surface area contributed by atoms with Crippen LogP contribution in [0.4, 0.5) is 5.13 Å². The van der Waals surface area contributed by atoms with Crippen LogP contribution in [0.3, 0.4) is 0 Å². The molecule has 4 rings (SSSR count). The number of carbonyl (C=O) groups is 3. The maximum Gasteiger partial charge on any atom is 0.350 e. The minimum absolute atomic E-state index is 0.00439. The number of Topliss-reactive ketones (excluding diaryl/α,β-unsaturated/α-hetero) is 1. The number of aromatic nitrogens is 1. The lowest BCUT2D eigenvalue weighted by Gasteiger charge is -2.24. The number of amides is 1. The Morgan fingerprint density at radius 1 is 1.12 bits per heavy atom. The van der Waals surface area contributed by atoms with Gasteiger partial charge in [-0.25, -0.2) is 9.78 Å². The van der Waals surface area contributed by atoms with Crippen molar-refractivity contribution in [2.75, 3.05) is 31.8 Å². The smallest absolute Gasteiger partial charge is 0.350 e. The Labute approximate surface area is 254 Å². The zero-order chi connectivity index (χ0) is 31.1. The third-order valence-corrected chi connectivity index (χ3v) is 7.79. The number of thiazole rings is 1. The number of ketones is 1. The third-order valence-electron chi connectivity index (χ3n) is 6.65. The maximum absolute atomic E-state index is 13.6. The molecule has 0 radical (unpaired) electrons. The lowest BCUT2D eigenvalue weighted by molar-refractivity contribution is -0.132. The lowest BCUT2D eigenvalue weighted by Crippen LogP contribution is -2.29. The van der Waals surface area contributed by atoms with Crippen molar-refractivity contribution in [1.82, 2.24) is 4.98 Å². The highest BCUT2D eigenvalue weighted by atomic mass is 32.1. The Morgan fingerprint density at radius 3 is 2.51 bits per heavy atom. The summed E-state index contributed by atoms with van der Waals surface area (Å²) in [4.78, 5) is 45.7. The van der Waals surface area contributed by atoms with E-state index in [1.165, 1.54) is 18.1 Å². The predicted octanol–water partition coefficient (Wildman–Crippen LogP) is 6.01. The highest BCUT2D eigenvalue weighted by Gasteiger charge is 2.48. The molecule has 1 amide bonds. The number of rotatable bonds is 13. The number of aliphatic hydroxyl groups is 1. The molecule has 10 nitrogen and oxygen atoms in total. The van der Waals surface area contributed by atoms with E-state index in [2.05, 4.69) is 18.5 Å². The first-order valence-corrected chi connectivity index (χ1v) is 14.7. The van der Waals surface area contributed by atoms with Gasteiger partial charge in [0.2, 0.25) is 0 Å². The molecule has 0 aliphatic carbocycles. The van der Waals surface area contributed by atoms with Crippen LogP contribution in [0.5, 0.6) is 17.2 Å². The molecule has 11 heteroatoms. The van der Waals surface area contributed by atoms with Crippen molar-refractivity contribution in [1.29, 1.82) is 0 Å². The number of anilines is 1. The zero-order valence-corrected chi connectivity index (χ0v) is 25.4. The van der Waals surface area contributed by atoms with Gasteiger partial charge in [0, 0.05) is 5.56 Å². The van der Waals surface area contributed by atoms with Crippen molar-refractivity contribution < 1.29 is 38.4 Å². The highest BCUT2D eigenvalue weighted by molar-refractivity contribution is 7.17. The van der Waals surface area contributed by atoms with Crippen LogP contribution in [0.25, 0.3) is 5.76 Å². The van der Waals surface area contributed by atoms with Crippen molar-refractivity contribution in [3.63, 3.8) is 0 Å². The molecule has 0 spiro atoms. The van der Waals surface area contributed by atoms with Crippen LogP contribution in [-0.2, 0) is 14.3 Å². The first kappa shape index (κ1) is 31.3. The molecule has 226 valence electrons. The van der Waals surface area contributed by atoms with Gasteiger partial charge in [-0.15, -0.1) is 0 Å². The van der Waals surface area contributed by atoms with Crippen molar-refractivity contribution in [3.05, 3.63) is 82.4 Å². The Bertz CT molecular complexity index is 1540. The molecule has 0 saturated carbocycles. The Balaban J connectivity index is 1.85. The lowest BCUT2D eigenvalue weighted by atomic mass is 9.95. The second-order valence-electron chi connectivity index (χ2n) is 9.54. The number of carbonyl (C=O) groups excluding carboxylic acids is 3. The van der Waals surface area contributed by atoms with Gasteiger partial charge in [0.05, 0.1) is 37.6 Å². The molecule has 0 bridgehead atoms. The van der Waals surface area contributed by atoms with E-state index in [1.807, 2.05) is 6.92 Å². The molecule has 43 heavy (non-hydrogen) atoms. The first-order chi connectivity index (χ1) is 20.7. The quantitative estimate of drug-likeness (QED) is 0.0622. The summed E-state index contributed by atoms with van der Waals surface area (Å²) in [5.41, 5.74) is 0.981. The summed E-state index contributed by atoms with van der Waals surface area (Å²) in [6, 6.07) is 10.6. The van der Waals surface area contributed by atoms with Gasteiger partial charge < -0.3 is 24.1 Å². The van der Waals surface area contributed by atoms with Gasteiger partial charge in [0.25, 0.3) is 5.78 Å². The molecule has 3 aromatic rings. The average Bonchev–Trinajstić information content (AvgIpc) is 3.52. The van der Waals surface area contributed by atoms with E-state index in [9.17, 15) is 19.5 Å². The van der Waals surface area contributed by atoms with Crippen molar-refractivity contribution in [3.8, 4) is 17.2 Å². The number of esters is 1. The summed E-state index contributed by atoms with van der Waals surface area (Å²) in [6.07, 6.45) is 3.34. The van der Waals surface area contributed by atoms with Crippen LogP contribution in [0.1, 0.15) is 59.2 Å². The summed E-state index contributed by atoms with van der Waals surface area (Å²) in [5, 5.41) is 11.6. The number of unbranched alkanes of at least 4 members (excludes halogenated alkanes) is 1. The number of hydrogen-bond donors (Lipinski definition) is 1. The second kappa shape index (κ2) is 14.0. The monoisotopic (exact) mass is 606 g/mol. The number of benzene rings is 2. The van der Waals surface area contributed by atoms with Crippen LogP contribution in [0.2, 0.25) is 0 Å². The van der Waals surface area contributed by atoms with E-state index >= 15 is 0 Å². The normalized spacial score (nSPS) is 15.8. The third kappa shape index (κ3) is 6.56. The Hall–Kier alpha value is -4.64. The second-order valence-corrected chi connectivity index (χ2v) is 10.5. The molecule has 1 aromatic heterocycles. The van der Waals surface area contributed by atoms with Gasteiger partial charge in [-0.2, -0.15) is 0 Å². The Kier molecular flexibility index (Phi) is 10.2. The van der Waals surface area contributed by atoms with Gasteiger partial charge in [-0.1, -0.05) is 43.4 Å². The van der Waals surface area contributed by atoms with Crippen molar-refractivity contribution >= 4 is 39.9 Å². The first-order valence-electron chi connectivity index (χ1n) is 13.9. The number of aliphatic hydroxyl groups excluding tert-OH is 1. The minimum Gasteiger partial charge on any atom is -0.507 e. The van der Waals surface area contributed by atoms with Crippen LogP contribution >= 0.6 is 11.3 Å². The van der Waals surface area contributed by atoms with E-state index in [4.69, 9.17) is 18.9 Å². The van der Waals surface area contributed by atoms with Gasteiger partial charge in [0.15, 0.2) is 16.6 Å². The molecular formula is C32H34N2O8S. The summed E-state index contributed by atoms with van der Waals surface area (Å²) < 4.78 is 22.1. The molecule has 1 saturated heterocycles. The number of ether oxygens (including phenoxy) is 4. The maximum atomic E-state index is 13.6. The number of nitrogens with zero attached hydrogens (tertiary/aromatic N) is 2. The van der Waals surface area contributed by atoms with Crippen LogP contribution in [-0.4, -0.2) is 54.7 Å². The number of methoxy groups -OCH3 is 1. The standard InChI is InChI=1S/C32H34N2O8S/c1-6-9-17-41-22-13-10-20(11-14-22)27(35)25-26(21-12-15-23(40-8-3)24(18-21)39-5)34(30(37)28(25)36)32-33-19(4)29(43-32)31(38)42-16-7-2/h7,10-15,18,26,35H,2,6,8-9,16-17H2,1,3-5H3/t26-/m0/s1. The topological polar surface area (TPSA) is 124 Å². The fourth-order valence-electron chi connectivity index (χ4n) is 4.55. The zero-order valence-electron chi connectivity index (χ0n) is 24.5. The van der Waals surface area contributed by atoms with Crippen LogP contribution < -0.4 is 19.1 Å². The molecular weight excluding hydrogens is 572 g/mol. The Morgan fingerprint density at radius 2 is 1.86 bits per heavy atom. The van der Waals surface area contributed by atoms with E-state index in [1.54, 1.807) is 49.4 Å². The highest BCUT2D eigenvalue weighted by Crippen LogP contribution is 2.45. The summed E-state index contributed by atoms with van der Waals surface area (Å²) in [7, 11) is 1.48. The average molecular weight is 607 g/mol. The molecule has 1 fully saturated rings. The minimum atomic E-state index is -1.09. The predicted molar refractivity (Wildman–Crippen MR) is 163 cm³/mol. The molecule has 0 unspecified atom stereocenters. The van der Waals surface area contributed by atoms with Crippen molar-refractivity contribution in [2.45, 2.75) is 39.7 Å². The molecule has 1 aliphatic heterocycles. The fraction of sp³-hybridized carbons (Fsp3) is 0.312. The molecule has 2 aromatic carbocycles. The van der Waals surface area contributed by atoms with Gasteiger partial charge in [-0.05, 0) is 62.2 Å². The van der Waals surface area contributed by atoms with Crippen LogP contribution in [0, 0.1) is 6.92 Å². The van der Waals surface area contributed by atoms with Gasteiger partial charge in [-0.3, -0.25) is 14.5 Å². The van der Waals surface area contributed by atoms with Gasteiger partial charge >= 0.3 is 11.9 Å².